The molecule has 98 valence electrons. The van der Waals surface area contributed by atoms with Gasteiger partial charge in [0.1, 0.15) is 5.82 Å². The quantitative estimate of drug-likeness (QED) is 0.802. The van der Waals surface area contributed by atoms with Crippen LogP contribution >= 0.6 is 11.3 Å². The first-order valence-electron chi connectivity index (χ1n) is 5.48. The second kappa shape index (κ2) is 5.55. The molecule has 1 atom stereocenters. The Morgan fingerprint density at radius 3 is 3.00 bits per heavy atom. The van der Waals surface area contributed by atoms with Gasteiger partial charge in [-0.2, -0.15) is 9.37 Å². The van der Waals surface area contributed by atoms with Gasteiger partial charge in [-0.1, -0.05) is 0 Å². The van der Waals surface area contributed by atoms with Crippen LogP contribution in [0.5, 0.6) is 0 Å². The van der Waals surface area contributed by atoms with Crippen molar-refractivity contribution in [3.8, 4) is 0 Å². The van der Waals surface area contributed by atoms with Gasteiger partial charge in [0.15, 0.2) is 0 Å². The highest BCUT2D eigenvalue weighted by Gasteiger charge is 2.13. The summed E-state index contributed by atoms with van der Waals surface area (Å²) in [6.45, 7) is -0.0376. The third-order valence-corrected chi connectivity index (χ3v) is 3.80. The average Bonchev–Trinajstić information content (AvgIpc) is 2.74. The Balaban J connectivity index is 2.24. The Labute approximate surface area is 107 Å². The van der Waals surface area contributed by atoms with Crippen molar-refractivity contribution >= 4 is 27.4 Å². The zero-order valence-electron chi connectivity index (χ0n) is 9.89. The number of aryl methyl sites for hydroxylation is 1. The second-order valence-corrected chi connectivity index (χ2v) is 4.78. The van der Waals surface area contributed by atoms with Crippen LogP contribution in [0.3, 0.4) is 0 Å². The molecule has 2 aromatic rings. The molecule has 18 heavy (non-hydrogen) atoms. The molecular formula is C11H14FN3O2S. The normalized spacial score (nSPS) is 13.1. The van der Waals surface area contributed by atoms with Crippen LogP contribution in [0.4, 0.5) is 10.2 Å². The summed E-state index contributed by atoms with van der Waals surface area (Å²) in [4.78, 5) is 7.26. The summed E-state index contributed by atoms with van der Waals surface area (Å²) in [5, 5.41) is 10.9. The molecule has 0 saturated heterocycles. The zero-order chi connectivity index (χ0) is 13.1. The van der Waals surface area contributed by atoms with E-state index in [2.05, 4.69) is 9.97 Å². The summed E-state index contributed by atoms with van der Waals surface area (Å²) in [5.74, 6) is 0.166. The van der Waals surface area contributed by atoms with Crippen LogP contribution < -0.4 is 5.73 Å². The number of aromatic nitrogens is 2. The Morgan fingerprint density at radius 2 is 2.33 bits per heavy atom. The Bertz CT molecular complexity index is 542. The van der Waals surface area contributed by atoms with E-state index in [4.69, 9.17) is 15.6 Å². The molecule has 1 unspecified atom stereocenters. The van der Waals surface area contributed by atoms with Crippen molar-refractivity contribution in [3.05, 3.63) is 17.0 Å². The van der Waals surface area contributed by atoms with Gasteiger partial charge in [-0.3, -0.25) is 0 Å². The van der Waals surface area contributed by atoms with Crippen LogP contribution in [0.15, 0.2) is 5.38 Å². The molecule has 7 heteroatoms. The number of nitrogens with zero attached hydrogens (tertiary/aromatic N) is 2. The molecule has 2 heterocycles. The Morgan fingerprint density at radius 1 is 1.56 bits per heavy atom. The van der Waals surface area contributed by atoms with E-state index in [0.29, 0.717) is 23.1 Å². The number of aliphatic hydroxyl groups excluding tert-OH is 1. The maximum Gasteiger partial charge on any atom is 0.311 e. The topological polar surface area (TPSA) is 81.3 Å². The summed E-state index contributed by atoms with van der Waals surface area (Å²) in [5.41, 5.74) is 7.09. The van der Waals surface area contributed by atoms with E-state index in [-0.39, 0.29) is 18.5 Å². The van der Waals surface area contributed by atoms with Gasteiger partial charge < -0.3 is 15.6 Å². The number of methoxy groups -OCH3 is 1. The SMILES string of the molecule is COC(CO)CCc1csc2c(N)nc(F)nc12. The van der Waals surface area contributed by atoms with E-state index >= 15 is 0 Å². The van der Waals surface area contributed by atoms with E-state index in [1.165, 1.54) is 11.3 Å². The molecule has 0 fully saturated rings. The van der Waals surface area contributed by atoms with E-state index < -0.39 is 6.08 Å². The smallest absolute Gasteiger partial charge is 0.311 e. The molecule has 0 aliphatic heterocycles. The van der Waals surface area contributed by atoms with Gasteiger partial charge >= 0.3 is 6.08 Å². The summed E-state index contributed by atoms with van der Waals surface area (Å²) in [6.07, 6.45) is 0.258. The number of fused-ring (bicyclic) bond motifs is 1. The van der Waals surface area contributed by atoms with Crippen molar-refractivity contribution in [2.24, 2.45) is 0 Å². The van der Waals surface area contributed by atoms with Gasteiger partial charge in [0, 0.05) is 7.11 Å². The highest BCUT2D eigenvalue weighted by molar-refractivity contribution is 7.17. The van der Waals surface area contributed by atoms with Crippen molar-refractivity contribution in [1.82, 2.24) is 9.97 Å². The maximum atomic E-state index is 13.1. The van der Waals surface area contributed by atoms with Gasteiger partial charge in [0.25, 0.3) is 0 Å². The van der Waals surface area contributed by atoms with Crippen molar-refractivity contribution in [3.63, 3.8) is 0 Å². The molecule has 3 N–H and O–H groups in total. The average molecular weight is 271 g/mol. The van der Waals surface area contributed by atoms with Crippen LogP contribution in [0.25, 0.3) is 10.2 Å². The third-order valence-electron chi connectivity index (χ3n) is 2.76. The summed E-state index contributed by atoms with van der Waals surface area (Å²) in [7, 11) is 1.55. The molecule has 0 radical (unpaired) electrons. The van der Waals surface area contributed by atoms with Gasteiger partial charge in [0.2, 0.25) is 0 Å². The van der Waals surface area contributed by atoms with Gasteiger partial charge in [-0.25, -0.2) is 4.98 Å². The molecule has 0 aliphatic rings. The lowest BCUT2D eigenvalue weighted by atomic mass is 10.1. The van der Waals surface area contributed by atoms with E-state index in [0.717, 1.165) is 5.56 Å². The first kappa shape index (κ1) is 13.1. The number of hydrogen-bond acceptors (Lipinski definition) is 6. The van der Waals surface area contributed by atoms with Gasteiger partial charge in [-0.05, 0) is 23.8 Å². The minimum atomic E-state index is -0.815. The van der Waals surface area contributed by atoms with Crippen molar-refractivity contribution in [1.29, 1.82) is 0 Å². The van der Waals surface area contributed by atoms with Crippen LogP contribution in [-0.4, -0.2) is 34.9 Å². The molecule has 5 nitrogen and oxygen atoms in total. The fourth-order valence-electron chi connectivity index (χ4n) is 1.74. The number of thiophene rings is 1. The van der Waals surface area contributed by atoms with Crippen LogP contribution in [-0.2, 0) is 11.2 Å². The first-order valence-corrected chi connectivity index (χ1v) is 6.36. The van der Waals surface area contributed by atoms with Crippen molar-refractivity contribution < 1.29 is 14.2 Å². The Kier molecular flexibility index (Phi) is 4.05. The fraction of sp³-hybridized carbons (Fsp3) is 0.455. The molecule has 0 aliphatic carbocycles. The molecular weight excluding hydrogens is 257 g/mol. The molecule has 0 bridgehead atoms. The standard InChI is InChI=1S/C11H14FN3O2S/c1-17-7(4-16)3-2-6-5-18-9-8(6)14-11(12)15-10(9)13/h5,7,16H,2-4H2,1H3,(H2,13,14,15). The van der Waals surface area contributed by atoms with E-state index in [1.54, 1.807) is 7.11 Å². The van der Waals surface area contributed by atoms with Crippen molar-refractivity contribution in [2.45, 2.75) is 18.9 Å². The lowest BCUT2D eigenvalue weighted by Crippen LogP contribution is -2.16. The first-order chi connectivity index (χ1) is 8.65. The Hall–Kier alpha value is -1.31. The lowest BCUT2D eigenvalue weighted by Gasteiger charge is -2.11. The largest absolute Gasteiger partial charge is 0.394 e. The number of anilines is 1. The van der Waals surface area contributed by atoms with Crippen molar-refractivity contribution in [2.75, 3.05) is 19.5 Å². The number of nitrogens with two attached hydrogens (primary N) is 1. The fourth-order valence-corrected chi connectivity index (χ4v) is 2.68. The van der Waals surface area contributed by atoms with E-state index in [9.17, 15) is 4.39 Å². The maximum absolute atomic E-state index is 13.1. The minimum absolute atomic E-state index is 0.0376. The van der Waals surface area contributed by atoms with Crippen LogP contribution in [0.1, 0.15) is 12.0 Å². The number of aliphatic hydroxyl groups is 1. The minimum Gasteiger partial charge on any atom is -0.394 e. The summed E-state index contributed by atoms with van der Waals surface area (Å²) < 4.78 is 18.9. The van der Waals surface area contributed by atoms with Crippen LogP contribution in [0.2, 0.25) is 0 Å². The summed E-state index contributed by atoms with van der Waals surface area (Å²) in [6, 6.07) is 0. The predicted octanol–water partition coefficient (Wildman–Crippen LogP) is 1.35. The van der Waals surface area contributed by atoms with Gasteiger partial charge in [-0.15, -0.1) is 11.3 Å². The summed E-state index contributed by atoms with van der Waals surface area (Å²) >= 11 is 1.40. The van der Waals surface area contributed by atoms with Gasteiger partial charge in [0.05, 0.1) is 22.9 Å². The number of halogens is 1. The number of rotatable bonds is 5. The van der Waals surface area contributed by atoms with E-state index in [1.807, 2.05) is 5.38 Å². The molecule has 2 rings (SSSR count). The third kappa shape index (κ3) is 2.58. The second-order valence-electron chi connectivity index (χ2n) is 3.90. The molecule has 2 aromatic heterocycles. The lowest BCUT2D eigenvalue weighted by molar-refractivity contribution is 0.0436. The van der Waals surface area contributed by atoms with Crippen LogP contribution in [0, 0.1) is 6.08 Å². The number of ether oxygens (including phenoxy) is 1. The molecule has 0 amide bonds. The monoisotopic (exact) mass is 271 g/mol. The highest BCUT2D eigenvalue weighted by atomic mass is 32.1. The molecule has 0 aromatic carbocycles. The number of hydrogen-bond donors (Lipinski definition) is 2. The number of nitrogen functional groups attached to an aromatic ring is 1. The predicted molar refractivity (Wildman–Crippen MR) is 68.0 cm³/mol. The molecule has 0 spiro atoms. The zero-order valence-corrected chi connectivity index (χ0v) is 10.7. The highest BCUT2D eigenvalue weighted by Crippen LogP contribution is 2.29. The molecule has 0 saturated carbocycles.